The minimum atomic E-state index is 0.00641. The Bertz CT molecular complexity index is 290. The van der Waals surface area contributed by atoms with Crippen LogP contribution in [0.4, 0.5) is 0 Å². The smallest absolute Gasteiger partial charge is 0.245 e. The lowest BCUT2D eigenvalue weighted by Gasteiger charge is -2.14. The lowest BCUT2D eigenvalue weighted by atomic mass is 10.4. The first-order valence-electron chi connectivity index (χ1n) is 5.12. The maximum absolute atomic E-state index is 11.5. The highest BCUT2D eigenvalue weighted by Crippen LogP contribution is 2.05. The lowest BCUT2D eigenvalue weighted by Crippen LogP contribution is -2.26. The zero-order chi connectivity index (χ0) is 10.5. The van der Waals surface area contributed by atoms with Gasteiger partial charge in [-0.2, -0.15) is 15.4 Å². The predicted molar refractivity (Wildman–Crippen MR) is 55.2 cm³/mol. The van der Waals surface area contributed by atoms with Gasteiger partial charge in [0.2, 0.25) is 5.91 Å². The molecule has 1 amide bonds. The predicted octanol–water partition coefficient (Wildman–Crippen LogP) is 0.218. The van der Waals surface area contributed by atoms with E-state index in [-0.39, 0.29) is 5.91 Å². The van der Waals surface area contributed by atoms with E-state index in [1.165, 1.54) is 10.2 Å². The molecule has 82 valence electrons. The van der Waals surface area contributed by atoms with Gasteiger partial charge in [-0.05, 0) is 0 Å². The molecule has 0 aromatic heterocycles. The van der Waals surface area contributed by atoms with Crippen molar-refractivity contribution in [3.63, 3.8) is 0 Å². The van der Waals surface area contributed by atoms with E-state index in [0.29, 0.717) is 19.6 Å². The summed E-state index contributed by atoms with van der Waals surface area (Å²) in [6.45, 7) is 1.83. The first-order valence-corrected chi connectivity index (χ1v) is 5.12. The Morgan fingerprint density at radius 2 is 2.07 bits per heavy atom. The zero-order valence-corrected chi connectivity index (χ0v) is 8.50. The van der Waals surface area contributed by atoms with Crippen LogP contribution in [0.2, 0.25) is 0 Å². The third-order valence-electron chi connectivity index (χ3n) is 2.20. The van der Waals surface area contributed by atoms with Crippen molar-refractivity contribution in [3.05, 3.63) is 0 Å². The van der Waals surface area contributed by atoms with Gasteiger partial charge in [0.05, 0.1) is 19.6 Å². The van der Waals surface area contributed by atoms with Crippen LogP contribution in [0, 0.1) is 0 Å². The second kappa shape index (κ2) is 4.88. The van der Waals surface area contributed by atoms with Crippen LogP contribution in [-0.4, -0.2) is 48.2 Å². The lowest BCUT2D eigenvalue weighted by molar-refractivity contribution is -0.159. The van der Waals surface area contributed by atoms with E-state index in [0.717, 1.165) is 19.4 Å². The van der Waals surface area contributed by atoms with Gasteiger partial charge in [0, 0.05) is 31.8 Å². The molecule has 0 spiro atoms. The summed E-state index contributed by atoms with van der Waals surface area (Å²) in [5, 5.41) is 10.9. The Kier molecular flexibility index (Phi) is 3.29. The summed E-state index contributed by atoms with van der Waals surface area (Å²) in [7, 11) is 0. The fourth-order valence-electron chi connectivity index (χ4n) is 1.42. The van der Waals surface area contributed by atoms with E-state index in [2.05, 4.69) is 10.2 Å². The number of hydrogen-bond acceptors (Lipinski definition) is 5. The van der Waals surface area contributed by atoms with Gasteiger partial charge < -0.3 is 0 Å². The third kappa shape index (κ3) is 2.76. The van der Waals surface area contributed by atoms with Crippen LogP contribution in [-0.2, 0) is 9.63 Å². The number of hydroxylamine groups is 1. The summed E-state index contributed by atoms with van der Waals surface area (Å²) in [5.74, 6) is 0.00641. The van der Waals surface area contributed by atoms with Crippen LogP contribution >= 0.6 is 0 Å². The largest absolute Gasteiger partial charge is 0.273 e. The second-order valence-corrected chi connectivity index (χ2v) is 3.35. The van der Waals surface area contributed by atoms with E-state index >= 15 is 0 Å². The van der Waals surface area contributed by atoms with E-state index in [4.69, 9.17) is 4.84 Å². The Labute approximate surface area is 88.1 Å². The van der Waals surface area contributed by atoms with Crippen molar-refractivity contribution in [2.24, 2.45) is 10.2 Å². The zero-order valence-electron chi connectivity index (χ0n) is 8.50. The van der Waals surface area contributed by atoms with Gasteiger partial charge >= 0.3 is 0 Å². The van der Waals surface area contributed by atoms with Gasteiger partial charge in [-0.25, -0.2) is 5.01 Å². The Hall–Kier alpha value is -1.43. The molecule has 0 aromatic rings. The normalized spacial score (nSPS) is 19.2. The Balaban J connectivity index is 1.62. The van der Waals surface area contributed by atoms with Crippen LogP contribution < -0.4 is 0 Å². The first-order chi connectivity index (χ1) is 7.36. The van der Waals surface area contributed by atoms with Crippen molar-refractivity contribution in [1.82, 2.24) is 10.2 Å². The molecule has 2 heterocycles. The van der Waals surface area contributed by atoms with Crippen molar-refractivity contribution < 1.29 is 9.63 Å². The maximum Gasteiger partial charge on any atom is 0.245 e. The molecule has 6 heteroatoms. The highest BCUT2D eigenvalue weighted by Gasteiger charge is 2.15. The van der Waals surface area contributed by atoms with Gasteiger partial charge in [0.15, 0.2) is 0 Å². The molecule has 2 rings (SSSR count). The summed E-state index contributed by atoms with van der Waals surface area (Å²) < 4.78 is 0. The highest BCUT2D eigenvalue weighted by molar-refractivity contribution is 5.78. The van der Waals surface area contributed by atoms with Crippen molar-refractivity contribution in [1.29, 1.82) is 0 Å². The van der Waals surface area contributed by atoms with Crippen molar-refractivity contribution >= 4 is 18.3 Å². The number of carbonyl (C=O) groups excluding carboxylic acids is 1. The summed E-state index contributed by atoms with van der Waals surface area (Å²) in [6, 6.07) is 0. The average Bonchev–Trinajstić information content (AvgIpc) is 2.90. The van der Waals surface area contributed by atoms with E-state index in [9.17, 15) is 4.79 Å². The van der Waals surface area contributed by atoms with Gasteiger partial charge in [-0.3, -0.25) is 9.63 Å². The number of nitrogens with zero attached hydrogens (tertiary/aromatic N) is 4. The molecular formula is C9H14N4O2. The molecule has 2 aliphatic rings. The van der Waals surface area contributed by atoms with Gasteiger partial charge in [-0.1, -0.05) is 0 Å². The SMILES string of the molecule is O=C(CCON1CCC=N1)N1CCC=N1. The summed E-state index contributed by atoms with van der Waals surface area (Å²) in [4.78, 5) is 16.8. The van der Waals surface area contributed by atoms with Gasteiger partial charge in [0.25, 0.3) is 0 Å². The van der Waals surface area contributed by atoms with Crippen LogP contribution in [0.5, 0.6) is 0 Å². The van der Waals surface area contributed by atoms with Crippen LogP contribution in [0.25, 0.3) is 0 Å². The highest BCUT2D eigenvalue weighted by atomic mass is 16.7. The fourth-order valence-corrected chi connectivity index (χ4v) is 1.42. The van der Waals surface area contributed by atoms with E-state index in [1.54, 1.807) is 12.4 Å². The summed E-state index contributed by atoms with van der Waals surface area (Å²) in [6.07, 6.45) is 5.66. The molecule has 15 heavy (non-hydrogen) atoms. The molecule has 0 aromatic carbocycles. The first kappa shape index (κ1) is 10.1. The molecule has 2 aliphatic heterocycles. The second-order valence-electron chi connectivity index (χ2n) is 3.35. The Morgan fingerprint density at radius 3 is 2.73 bits per heavy atom. The maximum atomic E-state index is 11.5. The molecule has 0 atom stereocenters. The van der Waals surface area contributed by atoms with Gasteiger partial charge in [0.1, 0.15) is 0 Å². The molecule has 0 radical (unpaired) electrons. The minimum Gasteiger partial charge on any atom is -0.273 e. The van der Waals surface area contributed by atoms with Crippen molar-refractivity contribution in [2.75, 3.05) is 19.7 Å². The molecule has 0 bridgehead atoms. The van der Waals surface area contributed by atoms with Gasteiger partial charge in [-0.15, -0.1) is 0 Å². The number of carbonyl (C=O) groups is 1. The average molecular weight is 210 g/mol. The molecule has 0 saturated carbocycles. The minimum absolute atomic E-state index is 0.00641. The quantitative estimate of drug-likeness (QED) is 0.666. The topological polar surface area (TPSA) is 57.5 Å². The number of hydrogen-bond donors (Lipinski definition) is 0. The van der Waals surface area contributed by atoms with Crippen molar-refractivity contribution in [2.45, 2.75) is 19.3 Å². The van der Waals surface area contributed by atoms with Crippen LogP contribution in [0.3, 0.4) is 0 Å². The summed E-state index contributed by atoms with van der Waals surface area (Å²) >= 11 is 0. The molecule has 0 fully saturated rings. The summed E-state index contributed by atoms with van der Waals surface area (Å²) in [5.41, 5.74) is 0. The standard InChI is InChI=1S/C9H14N4O2/c14-9(12-6-1-4-10-12)3-8-15-13-7-2-5-11-13/h4-5H,1-3,6-8H2. The molecule has 0 unspecified atom stereocenters. The Morgan fingerprint density at radius 1 is 1.27 bits per heavy atom. The number of amides is 1. The van der Waals surface area contributed by atoms with Crippen LogP contribution in [0.1, 0.15) is 19.3 Å². The fraction of sp³-hybridized carbons (Fsp3) is 0.667. The number of hydrazone groups is 2. The third-order valence-corrected chi connectivity index (χ3v) is 2.20. The molecule has 0 saturated heterocycles. The van der Waals surface area contributed by atoms with Crippen molar-refractivity contribution in [3.8, 4) is 0 Å². The number of rotatable bonds is 4. The molecule has 6 nitrogen and oxygen atoms in total. The van der Waals surface area contributed by atoms with E-state index in [1.807, 2.05) is 0 Å². The molecule has 0 N–H and O–H groups in total. The van der Waals surface area contributed by atoms with E-state index < -0.39 is 0 Å². The monoisotopic (exact) mass is 210 g/mol. The molecular weight excluding hydrogens is 196 g/mol. The molecule has 0 aliphatic carbocycles. The van der Waals surface area contributed by atoms with Crippen LogP contribution in [0.15, 0.2) is 10.2 Å².